The summed E-state index contributed by atoms with van der Waals surface area (Å²) in [5.74, 6) is 0. The third-order valence-electron chi connectivity index (χ3n) is 1.81. The van der Waals surface area contributed by atoms with Crippen LogP contribution in [0.15, 0.2) is 18.5 Å². The number of nitrogens with one attached hydrogen (secondary N) is 2. The summed E-state index contributed by atoms with van der Waals surface area (Å²) < 4.78 is 0. The second-order valence-corrected chi connectivity index (χ2v) is 2.63. The van der Waals surface area contributed by atoms with Crippen molar-refractivity contribution < 1.29 is 0 Å². The van der Waals surface area contributed by atoms with E-state index in [9.17, 15) is 0 Å². The van der Waals surface area contributed by atoms with E-state index in [2.05, 4.69) is 15.6 Å². The zero-order valence-corrected chi connectivity index (χ0v) is 6.30. The van der Waals surface area contributed by atoms with E-state index in [0.717, 1.165) is 30.9 Å². The third kappa shape index (κ3) is 1.27. The number of pyridine rings is 1. The summed E-state index contributed by atoms with van der Waals surface area (Å²) in [4.78, 5) is 4.04. The second kappa shape index (κ2) is 2.78. The lowest BCUT2D eigenvalue weighted by Gasteiger charge is -2.05. The zero-order valence-electron chi connectivity index (χ0n) is 6.30. The van der Waals surface area contributed by atoms with Crippen LogP contribution in [0.5, 0.6) is 0 Å². The van der Waals surface area contributed by atoms with Crippen molar-refractivity contribution in [1.29, 1.82) is 0 Å². The van der Waals surface area contributed by atoms with Crippen molar-refractivity contribution in [3.8, 4) is 0 Å². The molecular formula is C8H11N3. The lowest BCUT2D eigenvalue weighted by atomic mass is 10.3. The molecule has 0 unspecified atom stereocenters. The van der Waals surface area contributed by atoms with E-state index in [0.29, 0.717) is 0 Å². The van der Waals surface area contributed by atoms with Crippen LogP contribution in [0, 0.1) is 0 Å². The van der Waals surface area contributed by atoms with Gasteiger partial charge in [-0.3, -0.25) is 4.98 Å². The van der Waals surface area contributed by atoms with Crippen molar-refractivity contribution in [3.63, 3.8) is 0 Å². The van der Waals surface area contributed by atoms with E-state index in [-0.39, 0.29) is 0 Å². The minimum Gasteiger partial charge on any atom is -0.383 e. The van der Waals surface area contributed by atoms with Gasteiger partial charge in [0.1, 0.15) is 0 Å². The maximum Gasteiger partial charge on any atom is 0.0762 e. The quantitative estimate of drug-likeness (QED) is 0.584. The predicted octanol–water partition coefficient (Wildman–Crippen LogP) is 1.31. The Morgan fingerprint density at radius 2 is 2.00 bits per heavy atom. The molecular weight excluding hydrogens is 138 g/mol. The number of nitrogens with zero attached hydrogens (tertiary/aromatic N) is 1. The molecule has 0 amide bonds. The van der Waals surface area contributed by atoms with Crippen molar-refractivity contribution >= 4 is 11.4 Å². The fourth-order valence-electron chi connectivity index (χ4n) is 1.22. The van der Waals surface area contributed by atoms with E-state index in [1.54, 1.807) is 6.20 Å². The summed E-state index contributed by atoms with van der Waals surface area (Å²) in [5.41, 5.74) is 2.28. The number of hydrogen-bond acceptors (Lipinski definition) is 3. The summed E-state index contributed by atoms with van der Waals surface area (Å²) in [6, 6.07) is 1.99. The summed E-state index contributed by atoms with van der Waals surface area (Å²) in [6.07, 6.45) is 4.82. The van der Waals surface area contributed by atoms with Crippen LogP contribution in [0.2, 0.25) is 0 Å². The van der Waals surface area contributed by atoms with Gasteiger partial charge in [-0.15, -0.1) is 0 Å². The Balaban J connectivity index is 2.33. The molecule has 0 atom stereocenters. The first kappa shape index (κ1) is 6.46. The maximum atomic E-state index is 4.04. The van der Waals surface area contributed by atoms with E-state index < -0.39 is 0 Å². The molecule has 0 saturated carbocycles. The topological polar surface area (TPSA) is 37.0 Å². The summed E-state index contributed by atoms with van der Waals surface area (Å²) in [5, 5.41) is 6.62. The molecule has 0 radical (unpaired) electrons. The highest BCUT2D eigenvalue weighted by molar-refractivity contribution is 5.67. The Labute approximate surface area is 65.8 Å². The lowest BCUT2D eigenvalue weighted by Crippen LogP contribution is -2.01. The van der Waals surface area contributed by atoms with E-state index in [1.165, 1.54) is 0 Å². The van der Waals surface area contributed by atoms with Crippen LogP contribution in [-0.4, -0.2) is 18.1 Å². The Morgan fingerprint density at radius 3 is 2.91 bits per heavy atom. The molecule has 2 rings (SSSR count). The highest BCUT2D eigenvalue weighted by atomic mass is 15.0. The highest BCUT2D eigenvalue weighted by Gasteiger charge is 2.03. The molecule has 0 aromatic carbocycles. The Hall–Kier alpha value is -1.25. The molecule has 3 heteroatoms. The Morgan fingerprint density at radius 1 is 1.18 bits per heavy atom. The molecule has 0 spiro atoms. The molecule has 2 N–H and O–H groups in total. The van der Waals surface area contributed by atoms with Crippen molar-refractivity contribution in [2.45, 2.75) is 6.42 Å². The molecule has 1 aliphatic heterocycles. The van der Waals surface area contributed by atoms with Crippen LogP contribution in [0.1, 0.15) is 6.42 Å². The summed E-state index contributed by atoms with van der Waals surface area (Å²) in [6.45, 7) is 2.08. The molecule has 1 aromatic rings. The van der Waals surface area contributed by atoms with Gasteiger partial charge in [-0.25, -0.2) is 0 Å². The SMILES string of the molecule is c1cc2c(cn1)NCCCN2. The fourth-order valence-corrected chi connectivity index (χ4v) is 1.22. The van der Waals surface area contributed by atoms with Crippen LogP contribution in [0.25, 0.3) is 0 Å². The largest absolute Gasteiger partial charge is 0.383 e. The standard InChI is InChI=1S/C8H11N3/c1-3-10-7-2-5-9-6-8(7)11-4-1/h2,5-6,10-11H,1,3-4H2. The smallest absolute Gasteiger partial charge is 0.0762 e. The molecule has 2 heterocycles. The lowest BCUT2D eigenvalue weighted by molar-refractivity contribution is 0.928. The van der Waals surface area contributed by atoms with Gasteiger partial charge in [0.2, 0.25) is 0 Å². The van der Waals surface area contributed by atoms with Crippen LogP contribution in [-0.2, 0) is 0 Å². The van der Waals surface area contributed by atoms with Crippen LogP contribution >= 0.6 is 0 Å². The van der Waals surface area contributed by atoms with Gasteiger partial charge >= 0.3 is 0 Å². The molecule has 3 nitrogen and oxygen atoms in total. The zero-order chi connectivity index (χ0) is 7.52. The second-order valence-electron chi connectivity index (χ2n) is 2.63. The maximum absolute atomic E-state index is 4.04. The monoisotopic (exact) mass is 149 g/mol. The molecule has 0 fully saturated rings. The average molecular weight is 149 g/mol. The average Bonchev–Trinajstić information content (AvgIpc) is 2.28. The number of fused-ring (bicyclic) bond motifs is 1. The first-order valence-corrected chi connectivity index (χ1v) is 3.88. The number of aromatic nitrogens is 1. The first-order chi connectivity index (χ1) is 5.47. The third-order valence-corrected chi connectivity index (χ3v) is 1.81. The molecule has 0 saturated heterocycles. The molecule has 1 aromatic heterocycles. The van der Waals surface area contributed by atoms with Gasteiger partial charge in [-0.05, 0) is 12.5 Å². The van der Waals surface area contributed by atoms with Gasteiger partial charge in [0.05, 0.1) is 17.6 Å². The normalized spacial score (nSPS) is 15.6. The van der Waals surface area contributed by atoms with E-state index in [4.69, 9.17) is 0 Å². The molecule has 0 bridgehead atoms. The number of anilines is 2. The van der Waals surface area contributed by atoms with Gasteiger partial charge in [-0.1, -0.05) is 0 Å². The van der Waals surface area contributed by atoms with Gasteiger partial charge in [0.15, 0.2) is 0 Å². The molecule has 11 heavy (non-hydrogen) atoms. The summed E-state index contributed by atoms with van der Waals surface area (Å²) >= 11 is 0. The molecule has 0 aliphatic carbocycles. The van der Waals surface area contributed by atoms with E-state index in [1.807, 2.05) is 12.3 Å². The highest BCUT2D eigenvalue weighted by Crippen LogP contribution is 2.20. The fraction of sp³-hybridized carbons (Fsp3) is 0.375. The molecule has 58 valence electrons. The predicted molar refractivity (Wildman–Crippen MR) is 45.8 cm³/mol. The van der Waals surface area contributed by atoms with Gasteiger partial charge in [0, 0.05) is 19.3 Å². The van der Waals surface area contributed by atoms with Crippen molar-refractivity contribution in [1.82, 2.24) is 4.98 Å². The summed E-state index contributed by atoms with van der Waals surface area (Å²) in [7, 11) is 0. The minimum atomic E-state index is 1.03. The van der Waals surface area contributed by atoms with E-state index >= 15 is 0 Å². The number of hydrogen-bond donors (Lipinski definition) is 2. The van der Waals surface area contributed by atoms with Crippen LogP contribution < -0.4 is 10.6 Å². The van der Waals surface area contributed by atoms with Crippen LogP contribution in [0.3, 0.4) is 0 Å². The Bertz CT molecular complexity index is 222. The first-order valence-electron chi connectivity index (χ1n) is 3.88. The van der Waals surface area contributed by atoms with Gasteiger partial charge in [-0.2, -0.15) is 0 Å². The van der Waals surface area contributed by atoms with Gasteiger partial charge in [0.25, 0.3) is 0 Å². The van der Waals surface area contributed by atoms with Crippen molar-refractivity contribution in [2.75, 3.05) is 23.7 Å². The molecule has 1 aliphatic rings. The number of rotatable bonds is 0. The van der Waals surface area contributed by atoms with Crippen molar-refractivity contribution in [2.24, 2.45) is 0 Å². The Kier molecular flexibility index (Phi) is 1.63. The van der Waals surface area contributed by atoms with Crippen molar-refractivity contribution in [3.05, 3.63) is 18.5 Å². The van der Waals surface area contributed by atoms with Gasteiger partial charge < -0.3 is 10.6 Å². The minimum absolute atomic E-state index is 1.03. The van der Waals surface area contributed by atoms with Crippen LogP contribution in [0.4, 0.5) is 11.4 Å².